The minimum Gasteiger partial charge on any atom is -0.466 e. The fourth-order valence-corrected chi connectivity index (χ4v) is 1.69. The minimum atomic E-state index is -0.856. The van der Waals surface area contributed by atoms with Crippen molar-refractivity contribution in [1.29, 1.82) is 5.26 Å². The summed E-state index contributed by atoms with van der Waals surface area (Å²) in [5.74, 6) is -0.442. The van der Waals surface area contributed by atoms with Crippen molar-refractivity contribution < 1.29 is 14.6 Å². The lowest BCUT2D eigenvalue weighted by Gasteiger charge is -2.13. The Balaban J connectivity index is 2.48. The molecule has 0 heterocycles. The first-order valence-corrected chi connectivity index (χ1v) is 6.21. The Kier molecular flexibility index (Phi) is 6.13. The number of nitriles is 1. The van der Waals surface area contributed by atoms with Crippen molar-refractivity contribution in [3.05, 3.63) is 28.8 Å². The van der Waals surface area contributed by atoms with Gasteiger partial charge in [0.15, 0.2) is 0 Å². The van der Waals surface area contributed by atoms with Crippen LogP contribution >= 0.6 is 11.6 Å². The Morgan fingerprint density at radius 1 is 1.63 bits per heavy atom. The van der Waals surface area contributed by atoms with Gasteiger partial charge in [0, 0.05) is 6.54 Å². The van der Waals surface area contributed by atoms with E-state index in [9.17, 15) is 9.90 Å². The van der Waals surface area contributed by atoms with Gasteiger partial charge in [0.1, 0.15) is 0 Å². The van der Waals surface area contributed by atoms with Gasteiger partial charge < -0.3 is 15.2 Å². The number of carbonyl (C=O) groups is 1. The molecule has 0 aliphatic heterocycles. The number of rotatable bonds is 6. The number of aliphatic hydroxyl groups excluding tert-OH is 1. The number of esters is 1. The maximum absolute atomic E-state index is 11.1. The lowest BCUT2D eigenvalue weighted by Crippen LogP contribution is -2.24. The van der Waals surface area contributed by atoms with E-state index in [2.05, 4.69) is 5.32 Å². The molecule has 1 rings (SSSR count). The van der Waals surface area contributed by atoms with Gasteiger partial charge >= 0.3 is 5.97 Å². The lowest BCUT2D eigenvalue weighted by molar-refractivity contribution is -0.145. The molecule has 102 valence electrons. The molecule has 5 nitrogen and oxygen atoms in total. The third kappa shape index (κ3) is 5.16. The first kappa shape index (κ1) is 15.3. The van der Waals surface area contributed by atoms with Crippen LogP contribution in [0.2, 0.25) is 5.02 Å². The maximum Gasteiger partial charge on any atom is 0.308 e. The van der Waals surface area contributed by atoms with Crippen LogP contribution in [-0.2, 0) is 9.53 Å². The molecule has 6 heteroatoms. The van der Waals surface area contributed by atoms with E-state index in [0.29, 0.717) is 22.9 Å². The van der Waals surface area contributed by atoms with Crippen LogP contribution in [0.3, 0.4) is 0 Å². The van der Waals surface area contributed by atoms with Gasteiger partial charge in [-0.1, -0.05) is 11.6 Å². The number of aliphatic hydroxyl groups is 1. The van der Waals surface area contributed by atoms with Gasteiger partial charge in [-0.15, -0.1) is 0 Å². The van der Waals surface area contributed by atoms with Gasteiger partial charge in [-0.25, -0.2) is 0 Å². The number of carbonyl (C=O) groups excluding carboxylic acids is 1. The maximum atomic E-state index is 11.1. The molecule has 0 aliphatic rings. The molecule has 0 radical (unpaired) electrons. The normalized spacial score (nSPS) is 11.5. The van der Waals surface area contributed by atoms with Crippen molar-refractivity contribution in [3.8, 4) is 6.07 Å². The second kappa shape index (κ2) is 7.62. The Labute approximate surface area is 116 Å². The molecule has 0 saturated carbocycles. The highest BCUT2D eigenvalue weighted by molar-refractivity contribution is 6.33. The molecular formula is C13H15ClN2O3. The highest BCUT2D eigenvalue weighted by Crippen LogP contribution is 2.22. The van der Waals surface area contributed by atoms with E-state index in [4.69, 9.17) is 21.6 Å². The second-order valence-electron chi connectivity index (χ2n) is 3.85. The van der Waals surface area contributed by atoms with E-state index in [1.54, 1.807) is 19.1 Å². The fourth-order valence-electron chi connectivity index (χ4n) is 1.44. The summed E-state index contributed by atoms with van der Waals surface area (Å²) in [5.41, 5.74) is 1.06. The first-order chi connectivity index (χ1) is 9.06. The van der Waals surface area contributed by atoms with E-state index in [1.165, 1.54) is 6.07 Å². The standard InChI is InChI=1S/C13H15ClN2O3/c1-2-19-13(18)6-10(17)8-16-12-4-3-9(7-15)5-11(12)14/h3-5,10,16-17H,2,6,8H2,1H3. The monoisotopic (exact) mass is 282 g/mol. The van der Waals surface area contributed by atoms with E-state index >= 15 is 0 Å². The molecule has 1 unspecified atom stereocenters. The number of ether oxygens (including phenoxy) is 1. The highest BCUT2D eigenvalue weighted by Gasteiger charge is 2.12. The first-order valence-electron chi connectivity index (χ1n) is 5.84. The Morgan fingerprint density at radius 3 is 2.95 bits per heavy atom. The predicted molar refractivity (Wildman–Crippen MR) is 71.9 cm³/mol. The summed E-state index contributed by atoms with van der Waals surface area (Å²) in [4.78, 5) is 11.1. The zero-order valence-corrected chi connectivity index (χ0v) is 11.3. The minimum absolute atomic E-state index is 0.0747. The van der Waals surface area contributed by atoms with Crippen LogP contribution in [0, 0.1) is 11.3 Å². The summed E-state index contributed by atoms with van der Waals surface area (Å²) in [6.07, 6.45) is -0.930. The predicted octanol–water partition coefficient (Wildman–Crippen LogP) is 1.94. The molecule has 1 atom stereocenters. The van der Waals surface area contributed by atoms with E-state index in [0.717, 1.165) is 0 Å². The van der Waals surface area contributed by atoms with Gasteiger partial charge in [0.2, 0.25) is 0 Å². The number of halogens is 1. The zero-order chi connectivity index (χ0) is 14.3. The Hall–Kier alpha value is -1.77. The summed E-state index contributed by atoms with van der Waals surface area (Å²) in [6, 6.07) is 6.77. The van der Waals surface area contributed by atoms with Crippen molar-refractivity contribution in [2.75, 3.05) is 18.5 Å². The van der Waals surface area contributed by atoms with Gasteiger partial charge in [-0.3, -0.25) is 4.79 Å². The van der Waals surface area contributed by atoms with Crippen LogP contribution in [0.4, 0.5) is 5.69 Å². The SMILES string of the molecule is CCOC(=O)CC(O)CNc1ccc(C#N)cc1Cl. The summed E-state index contributed by atoms with van der Waals surface area (Å²) in [5, 5.41) is 21.6. The molecular weight excluding hydrogens is 268 g/mol. The summed E-state index contributed by atoms with van der Waals surface area (Å²) in [6.45, 7) is 2.17. The Bertz CT molecular complexity index is 485. The zero-order valence-electron chi connectivity index (χ0n) is 10.5. The second-order valence-corrected chi connectivity index (χ2v) is 4.26. The summed E-state index contributed by atoms with van der Waals surface area (Å²) >= 11 is 5.96. The van der Waals surface area contributed by atoms with Crippen LogP contribution in [0.5, 0.6) is 0 Å². The van der Waals surface area contributed by atoms with Crippen LogP contribution in [0.15, 0.2) is 18.2 Å². The van der Waals surface area contributed by atoms with Gasteiger partial charge in [0.25, 0.3) is 0 Å². The van der Waals surface area contributed by atoms with Gasteiger partial charge in [-0.05, 0) is 25.1 Å². The topological polar surface area (TPSA) is 82.3 Å². The van der Waals surface area contributed by atoms with Crippen molar-refractivity contribution >= 4 is 23.3 Å². The smallest absolute Gasteiger partial charge is 0.308 e. The van der Waals surface area contributed by atoms with Crippen LogP contribution in [-0.4, -0.2) is 30.3 Å². The molecule has 0 spiro atoms. The number of hydrogen-bond acceptors (Lipinski definition) is 5. The molecule has 2 N–H and O–H groups in total. The Morgan fingerprint density at radius 2 is 2.37 bits per heavy atom. The number of nitrogens with zero attached hydrogens (tertiary/aromatic N) is 1. The van der Waals surface area contributed by atoms with Crippen LogP contribution in [0.25, 0.3) is 0 Å². The molecule has 0 saturated heterocycles. The van der Waals surface area contributed by atoms with E-state index in [1.807, 2.05) is 6.07 Å². The van der Waals surface area contributed by atoms with Gasteiger partial charge in [-0.2, -0.15) is 5.26 Å². The van der Waals surface area contributed by atoms with Crippen LogP contribution < -0.4 is 5.32 Å². The third-order valence-electron chi connectivity index (χ3n) is 2.33. The number of benzene rings is 1. The average molecular weight is 283 g/mol. The van der Waals surface area contributed by atoms with Crippen molar-refractivity contribution in [3.63, 3.8) is 0 Å². The van der Waals surface area contributed by atoms with Crippen molar-refractivity contribution in [1.82, 2.24) is 0 Å². The molecule has 0 fully saturated rings. The molecule has 1 aromatic rings. The fraction of sp³-hybridized carbons (Fsp3) is 0.385. The molecule has 0 aliphatic carbocycles. The van der Waals surface area contributed by atoms with Crippen molar-refractivity contribution in [2.24, 2.45) is 0 Å². The quantitative estimate of drug-likeness (QED) is 0.779. The van der Waals surface area contributed by atoms with E-state index < -0.39 is 12.1 Å². The highest BCUT2D eigenvalue weighted by atomic mass is 35.5. The molecule has 19 heavy (non-hydrogen) atoms. The molecule has 0 bridgehead atoms. The van der Waals surface area contributed by atoms with E-state index in [-0.39, 0.29) is 13.0 Å². The molecule has 0 amide bonds. The average Bonchev–Trinajstić information content (AvgIpc) is 2.37. The largest absolute Gasteiger partial charge is 0.466 e. The number of nitrogens with one attached hydrogen (secondary N) is 1. The summed E-state index contributed by atoms with van der Waals surface area (Å²) < 4.78 is 4.73. The molecule has 1 aromatic carbocycles. The van der Waals surface area contributed by atoms with Crippen LogP contribution in [0.1, 0.15) is 18.9 Å². The van der Waals surface area contributed by atoms with Gasteiger partial charge in [0.05, 0.1) is 41.5 Å². The number of anilines is 1. The lowest BCUT2D eigenvalue weighted by atomic mass is 10.2. The summed E-state index contributed by atoms with van der Waals surface area (Å²) in [7, 11) is 0. The molecule has 0 aromatic heterocycles. The van der Waals surface area contributed by atoms with Crippen molar-refractivity contribution in [2.45, 2.75) is 19.4 Å². The third-order valence-corrected chi connectivity index (χ3v) is 2.65. The number of hydrogen-bond donors (Lipinski definition) is 2.